The van der Waals surface area contributed by atoms with Crippen molar-refractivity contribution in [3.8, 4) is 11.1 Å². The Balaban J connectivity index is 1.55. The van der Waals surface area contributed by atoms with Gasteiger partial charge >= 0.3 is 6.18 Å². The summed E-state index contributed by atoms with van der Waals surface area (Å²) >= 11 is 0.608. The number of carbonyl (C=O) groups is 2. The van der Waals surface area contributed by atoms with Gasteiger partial charge in [0.2, 0.25) is 6.10 Å². The number of halogens is 4. The molecule has 4 aromatic rings. The number of amides is 2. The van der Waals surface area contributed by atoms with Crippen molar-refractivity contribution in [3.63, 3.8) is 0 Å². The van der Waals surface area contributed by atoms with Gasteiger partial charge in [-0.05, 0) is 43.2 Å². The number of aromatic nitrogens is 3. The van der Waals surface area contributed by atoms with Gasteiger partial charge in [-0.25, -0.2) is 9.37 Å². The molecular weight excluding hydrogens is 540 g/mol. The number of rotatable bonds is 6. The van der Waals surface area contributed by atoms with E-state index in [2.05, 4.69) is 20.6 Å². The third-order valence-electron chi connectivity index (χ3n) is 6.12. The highest BCUT2D eigenvalue weighted by Crippen LogP contribution is 2.44. The number of pyridine rings is 1. The molecule has 202 valence electrons. The monoisotopic (exact) mass is 560 g/mol. The van der Waals surface area contributed by atoms with Crippen LogP contribution >= 0.6 is 11.3 Å². The average molecular weight is 561 g/mol. The fraction of sp³-hybridized carbons (Fsp3) is 0.240. The fourth-order valence-corrected chi connectivity index (χ4v) is 5.24. The molecule has 3 aromatic heterocycles. The van der Waals surface area contributed by atoms with E-state index in [1.54, 1.807) is 17.8 Å². The maximum absolute atomic E-state index is 13.7. The van der Waals surface area contributed by atoms with Crippen LogP contribution in [-0.2, 0) is 22.4 Å². The largest absolute Gasteiger partial charge is 0.433 e. The fourth-order valence-electron chi connectivity index (χ4n) is 4.24. The molecular formula is C25H20F4N6O3S. The third kappa shape index (κ3) is 4.94. The Morgan fingerprint density at radius 1 is 1.23 bits per heavy atom. The van der Waals surface area contributed by atoms with Crippen LogP contribution in [0.15, 0.2) is 41.7 Å². The molecule has 3 N–H and O–H groups in total. The lowest BCUT2D eigenvalue weighted by Gasteiger charge is -2.13. The van der Waals surface area contributed by atoms with Gasteiger partial charge in [0.05, 0.1) is 17.1 Å². The van der Waals surface area contributed by atoms with Crippen molar-refractivity contribution in [2.75, 3.05) is 5.32 Å². The van der Waals surface area contributed by atoms with Crippen molar-refractivity contribution in [2.24, 2.45) is 10.9 Å². The molecule has 0 saturated carbocycles. The molecule has 1 aliphatic heterocycles. The number of benzene rings is 1. The minimum absolute atomic E-state index is 0.0155. The number of nitrogens with two attached hydrogens (primary N) is 1. The molecule has 39 heavy (non-hydrogen) atoms. The van der Waals surface area contributed by atoms with E-state index in [9.17, 15) is 27.2 Å². The van der Waals surface area contributed by atoms with E-state index in [1.165, 1.54) is 12.1 Å². The Labute approximate surface area is 222 Å². The van der Waals surface area contributed by atoms with Crippen LogP contribution < -0.4 is 11.1 Å². The highest BCUT2D eigenvalue weighted by Gasteiger charge is 2.36. The minimum Gasteiger partial charge on any atom is -0.382 e. The zero-order chi connectivity index (χ0) is 28.1. The molecule has 1 atom stereocenters. The SMILES string of the molecule is CCn1cc(C2=NOC(C(=O)Nc3c(C(N)=O)sc4nc(C(F)(F)F)cc(-c5ccc(F)cc5)c34)C2)c(C)n1. The van der Waals surface area contributed by atoms with Crippen LogP contribution in [0.3, 0.4) is 0 Å². The normalized spacial score (nSPS) is 15.3. The Hall–Kier alpha value is -4.33. The summed E-state index contributed by atoms with van der Waals surface area (Å²) in [6.45, 7) is 4.36. The van der Waals surface area contributed by atoms with E-state index in [-0.39, 0.29) is 38.3 Å². The van der Waals surface area contributed by atoms with Crippen molar-refractivity contribution < 1.29 is 32.0 Å². The third-order valence-corrected chi connectivity index (χ3v) is 7.22. The summed E-state index contributed by atoms with van der Waals surface area (Å²) in [6.07, 6.45) is -4.01. The van der Waals surface area contributed by atoms with Gasteiger partial charge in [-0.15, -0.1) is 11.3 Å². The standard InChI is InChI=1S/C25H20F4N6O3S/c1-3-35-10-15(11(2)33-35)16-9-17(38-34-16)23(37)32-20-19-14(12-4-6-13(26)7-5-12)8-18(25(27,28)29)31-24(19)39-21(20)22(30)36/h4-8,10,17H,3,9H2,1-2H3,(H2,30,36)(H,32,37). The van der Waals surface area contributed by atoms with Crippen LogP contribution in [0.2, 0.25) is 0 Å². The highest BCUT2D eigenvalue weighted by atomic mass is 32.1. The second-order valence-corrected chi connectivity index (χ2v) is 9.72. The molecule has 1 aromatic carbocycles. The molecule has 0 fully saturated rings. The number of nitrogens with one attached hydrogen (secondary N) is 1. The van der Waals surface area contributed by atoms with Crippen molar-refractivity contribution in [1.82, 2.24) is 14.8 Å². The first-order chi connectivity index (χ1) is 18.5. The van der Waals surface area contributed by atoms with E-state index >= 15 is 0 Å². The minimum atomic E-state index is -4.81. The number of hydrogen-bond acceptors (Lipinski definition) is 7. The van der Waals surface area contributed by atoms with Crippen LogP contribution in [0.25, 0.3) is 21.3 Å². The predicted octanol–water partition coefficient (Wildman–Crippen LogP) is 4.88. The number of aryl methyl sites for hydroxylation is 2. The maximum atomic E-state index is 13.7. The van der Waals surface area contributed by atoms with Crippen LogP contribution in [0.1, 0.15) is 40.0 Å². The van der Waals surface area contributed by atoms with Crippen molar-refractivity contribution in [1.29, 1.82) is 0 Å². The summed E-state index contributed by atoms with van der Waals surface area (Å²) in [5.41, 5.74) is 6.32. The van der Waals surface area contributed by atoms with Gasteiger partial charge < -0.3 is 15.9 Å². The van der Waals surface area contributed by atoms with E-state index in [4.69, 9.17) is 10.6 Å². The topological polar surface area (TPSA) is 124 Å². The molecule has 0 saturated heterocycles. The maximum Gasteiger partial charge on any atom is 0.433 e. The molecule has 4 heterocycles. The molecule has 1 unspecified atom stereocenters. The van der Waals surface area contributed by atoms with Gasteiger partial charge in [-0.3, -0.25) is 14.3 Å². The molecule has 0 aliphatic carbocycles. The zero-order valence-electron chi connectivity index (χ0n) is 20.5. The van der Waals surface area contributed by atoms with Crippen LogP contribution in [0.5, 0.6) is 0 Å². The Kier molecular flexibility index (Phi) is 6.58. The van der Waals surface area contributed by atoms with Crippen molar-refractivity contribution >= 4 is 44.8 Å². The van der Waals surface area contributed by atoms with E-state index in [1.807, 2.05) is 6.92 Å². The smallest absolute Gasteiger partial charge is 0.382 e. The quantitative estimate of drug-likeness (QED) is 0.326. The molecule has 2 amide bonds. The number of oxime groups is 1. The number of fused-ring (bicyclic) bond motifs is 1. The van der Waals surface area contributed by atoms with Gasteiger partial charge in [-0.2, -0.15) is 18.3 Å². The average Bonchev–Trinajstić information content (AvgIpc) is 3.60. The summed E-state index contributed by atoms with van der Waals surface area (Å²) in [7, 11) is 0. The lowest BCUT2D eigenvalue weighted by Crippen LogP contribution is -2.29. The molecule has 0 bridgehead atoms. The first kappa shape index (κ1) is 26.3. The Morgan fingerprint density at radius 3 is 2.56 bits per heavy atom. The number of anilines is 1. The van der Waals surface area contributed by atoms with Crippen LogP contribution in [-0.4, -0.2) is 38.4 Å². The van der Waals surface area contributed by atoms with Gasteiger partial charge in [0.15, 0.2) is 0 Å². The van der Waals surface area contributed by atoms with Gasteiger partial charge in [0.1, 0.15) is 21.2 Å². The van der Waals surface area contributed by atoms with Gasteiger partial charge in [0, 0.05) is 30.1 Å². The van der Waals surface area contributed by atoms with E-state index in [0.29, 0.717) is 34.9 Å². The second-order valence-electron chi connectivity index (χ2n) is 8.72. The molecule has 14 heteroatoms. The molecule has 9 nitrogen and oxygen atoms in total. The Morgan fingerprint density at radius 2 is 1.95 bits per heavy atom. The molecule has 1 aliphatic rings. The van der Waals surface area contributed by atoms with Gasteiger partial charge in [0.25, 0.3) is 11.8 Å². The Bertz CT molecular complexity index is 1640. The number of primary amides is 1. The van der Waals surface area contributed by atoms with E-state index < -0.39 is 35.6 Å². The number of thiophene rings is 1. The summed E-state index contributed by atoms with van der Waals surface area (Å²) < 4.78 is 56.3. The van der Waals surface area contributed by atoms with Crippen molar-refractivity contribution in [2.45, 2.75) is 39.1 Å². The lowest BCUT2D eigenvalue weighted by atomic mass is 10.0. The number of hydrogen-bond donors (Lipinski definition) is 2. The summed E-state index contributed by atoms with van der Waals surface area (Å²) in [4.78, 5) is 34.2. The second kappa shape index (κ2) is 9.76. The van der Waals surface area contributed by atoms with Crippen LogP contribution in [0, 0.1) is 12.7 Å². The first-order valence-corrected chi connectivity index (χ1v) is 12.5. The summed E-state index contributed by atoms with van der Waals surface area (Å²) in [6, 6.07) is 5.53. The summed E-state index contributed by atoms with van der Waals surface area (Å²) in [5.74, 6) is -2.26. The van der Waals surface area contributed by atoms with E-state index in [0.717, 1.165) is 18.2 Å². The predicted molar refractivity (Wildman–Crippen MR) is 136 cm³/mol. The number of carbonyl (C=O) groups excluding carboxylic acids is 2. The van der Waals surface area contributed by atoms with Crippen LogP contribution in [0.4, 0.5) is 23.2 Å². The first-order valence-electron chi connectivity index (χ1n) is 11.6. The van der Waals surface area contributed by atoms with Crippen molar-refractivity contribution in [3.05, 3.63) is 64.2 Å². The molecule has 5 rings (SSSR count). The lowest BCUT2D eigenvalue weighted by molar-refractivity contribution is -0.140. The highest BCUT2D eigenvalue weighted by molar-refractivity contribution is 7.21. The number of nitrogens with zero attached hydrogens (tertiary/aromatic N) is 4. The number of alkyl halides is 3. The zero-order valence-corrected chi connectivity index (χ0v) is 21.3. The van der Waals surface area contributed by atoms with Gasteiger partial charge in [-0.1, -0.05) is 17.3 Å². The summed E-state index contributed by atoms with van der Waals surface area (Å²) in [5, 5.41) is 11.0. The molecule has 0 radical (unpaired) electrons. The molecule has 0 spiro atoms.